The number of carbonyl (C=O) groups is 2. The average molecular weight is 689 g/mol. The van der Waals surface area contributed by atoms with Gasteiger partial charge in [-0.1, -0.05) is 30.1 Å². The topological polar surface area (TPSA) is 123 Å². The van der Waals surface area contributed by atoms with Gasteiger partial charge in [0.05, 0.1) is 34.5 Å². The molecule has 6 rings (SSSR count). The standard InChI is InChI=1S/C31H35Cl2N7O5S/c1-5-22-26(37-9-11-38(12-10-37)30(43)45-31(2,3)4)28(42)40-29(35-27(36-40)23-14-18-8-13-44-17-24(18)46-23)39(22)16-25(41)34-21-7-6-19(32)15-20(21)33/h6-7,14-15H,5,8-13,16-17H2,1-4H3,(H,34,41). The van der Waals surface area contributed by atoms with Crippen LogP contribution >= 0.6 is 34.5 Å². The van der Waals surface area contributed by atoms with E-state index in [0.717, 1.165) is 16.2 Å². The van der Waals surface area contributed by atoms with Gasteiger partial charge < -0.3 is 29.2 Å². The number of nitrogens with one attached hydrogen (secondary N) is 1. The molecule has 2 amide bonds. The fraction of sp³-hybridized carbons (Fsp3) is 0.452. The van der Waals surface area contributed by atoms with Crippen molar-refractivity contribution >= 4 is 63.7 Å². The maximum absolute atomic E-state index is 14.2. The number of rotatable bonds is 6. The number of amides is 2. The van der Waals surface area contributed by atoms with Crippen LogP contribution in [0.2, 0.25) is 10.0 Å². The highest BCUT2D eigenvalue weighted by atomic mass is 35.5. The van der Waals surface area contributed by atoms with E-state index < -0.39 is 11.7 Å². The molecule has 2 aliphatic rings. The van der Waals surface area contributed by atoms with Gasteiger partial charge in [0.2, 0.25) is 11.7 Å². The van der Waals surface area contributed by atoms with Crippen molar-refractivity contribution < 1.29 is 19.1 Å². The Bertz CT molecular complexity index is 1850. The van der Waals surface area contributed by atoms with Gasteiger partial charge in [0.15, 0.2) is 5.82 Å². The van der Waals surface area contributed by atoms with Crippen molar-refractivity contribution in [1.82, 2.24) is 24.1 Å². The molecule has 0 radical (unpaired) electrons. The van der Waals surface area contributed by atoms with Gasteiger partial charge in [-0.3, -0.25) is 9.59 Å². The largest absolute Gasteiger partial charge is 0.444 e. The molecule has 0 aliphatic carbocycles. The SMILES string of the molecule is CCc1c(N2CCN(C(=O)OC(C)(C)C)CC2)c(=O)n2nc(-c3cc4c(s3)COCC4)nc2n1CC(=O)Nc1ccc(Cl)cc1Cl. The lowest BCUT2D eigenvalue weighted by Gasteiger charge is -2.37. The number of carbonyl (C=O) groups excluding carboxylic acids is 2. The minimum absolute atomic E-state index is 0.149. The summed E-state index contributed by atoms with van der Waals surface area (Å²) in [4.78, 5) is 50.8. The Labute approximate surface area is 279 Å². The smallest absolute Gasteiger partial charge is 0.410 e. The lowest BCUT2D eigenvalue weighted by Crippen LogP contribution is -2.51. The van der Waals surface area contributed by atoms with Crippen LogP contribution in [0, 0.1) is 0 Å². The van der Waals surface area contributed by atoms with E-state index in [2.05, 4.69) is 16.5 Å². The number of benzene rings is 1. The molecule has 46 heavy (non-hydrogen) atoms. The highest BCUT2D eigenvalue weighted by molar-refractivity contribution is 7.15. The quantitative estimate of drug-likeness (QED) is 0.291. The highest BCUT2D eigenvalue weighted by Gasteiger charge is 2.31. The third kappa shape index (κ3) is 6.59. The Hall–Kier alpha value is -3.65. The van der Waals surface area contributed by atoms with Crippen LogP contribution in [-0.4, -0.2) is 74.5 Å². The molecule has 0 unspecified atom stereocenters. The summed E-state index contributed by atoms with van der Waals surface area (Å²) in [6, 6.07) is 6.89. The fourth-order valence-corrected chi connectivity index (χ4v) is 7.19. The minimum atomic E-state index is -0.612. The molecular weight excluding hydrogens is 653 g/mol. The summed E-state index contributed by atoms with van der Waals surface area (Å²) in [6.07, 6.45) is 0.854. The summed E-state index contributed by atoms with van der Waals surface area (Å²) in [7, 11) is 0. The van der Waals surface area contributed by atoms with Crippen molar-refractivity contribution in [1.29, 1.82) is 0 Å². The van der Waals surface area contributed by atoms with E-state index >= 15 is 0 Å². The summed E-state index contributed by atoms with van der Waals surface area (Å²) >= 11 is 13.9. The molecule has 0 atom stereocenters. The Balaban J connectivity index is 1.39. The third-order valence-corrected chi connectivity index (χ3v) is 9.48. The monoisotopic (exact) mass is 687 g/mol. The van der Waals surface area contributed by atoms with Crippen LogP contribution in [-0.2, 0) is 40.3 Å². The molecule has 1 saturated heterocycles. The van der Waals surface area contributed by atoms with Gasteiger partial charge in [-0.15, -0.1) is 16.4 Å². The molecule has 5 heterocycles. The Morgan fingerprint density at radius 1 is 1.13 bits per heavy atom. The summed E-state index contributed by atoms with van der Waals surface area (Å²) in [5.74, 6) is 0.298. The van der Waals surface area contributed by atoms with Crippen molar-refractivity contribution in [2.24, 2.45) is 0 Å². The van der Waals surface area contributed by atoms with Crippen molar-refractivity contribution in [2.45, 2.75) is 59.3 Å². The molecule has 1 N–H and O–H groups in total. The van der Waals surface area contributed by atoms with E-state index in [4.69, 9.17) is 37.7 Å². The number of nitrogens with zero attached hydrogens (tertiary/aromatic N) is 6. The van der Waals surface area contributed by atoms with Gasteiger partial charge in [0, 0.05) is 36.1 Å². The highest BCUT2D eigenvalue weighted by Crippen LogP contribution is 2.33. The summed E-state index contributed by atoms with van der Waals surface area (Å²) in [6.45, 7) is 10.0. The first-order valence-electron chi connectivity index (χ1n) is 15.1. The van der Waals surface area contributed by atoms with Crippen LogP contribution in [0.15, 0.2) is 29.1 Å². The summed E-state index contributed by atoms with van der Waals surface area (Å²) in [5, 5.41) is 8.29. The van der Waals surface area contributed by atoms with Crippen molar-refractivity contribution in [3.8, 4) is 10.7 Å². The molecular formula is C31H35Cl2N7O5S. The second kappa shape index (κ2) is 12.9. The van der Waals surface area contributed by atoms with Crippen molar-refractivity contribution in [3.63, 3.8) is 0 Å². The third-order valence-electron chi connectivity index (χ3n) is 7.78. The first-order chi connectivity index (χ1) is 21.9. The molecule has 1 aromatic carbocycles. The number of ether oxygens (including phenoxy) is 2. The van der Waals surface area contributed by atoms with E-state index in [1.165, 1.54) is 10.1 Å². The zero-order valence-corrected chi connectivity index (χ0v) is 28.4. The van der Waals surface area contributed by atoms with E-state index in [0.29, 0.717) is 78.8 Å². The number of hydrogen-bond donors (Lipinski definition) is 1. The van der Waals surface area contributed by atoms with Gasteiger partial charge in [-0.2, -0.15) is 9.50 Å². The molecule has 0 spiro atoms. The van der Waals surface area contributed by atoms with Crippen LogP contribution in [0.1, 0.15) is 43.8 Å². The molecule has 3 aromatic heterocycles. The van der Waals surface area contributed by atoms with Crippen LogP contribution in [0.25, 0.3) is 16.5 Å². The Kier molecular flexibility index (Phi) is 9.03. The minimum Gasteiger partial charge on any atom is -0.444 e. The van der Waals surface area contributed by atoms with Crippen LogP contribution in [0.4, 0.5) is 16.2 Å². The molecule has 15 heteroatoms. The van der Waals surface area contributed by atoms with Crippen molar-refractivity contribution in [3.05, 3.63) is 60.8 Å². The lowest BCUT2D eigenvalue weighted by atomic mass is 10.1. The predicted octanol–water partition coefficient (Wildman–Crippen LogP) is 5.26. The fourth-order valence-electron chi connectivity index (χ4n) is 5.65. The molecule has 2 aliphatic heterocycles. The number of anilines is 2. The second-order valence-electron chi connectivity index (χ2n) is 12.2. The molecule has 0 saturated carbocycles. The van der Waals surface area contributed by atoms with Crippen LogP contribution < -0.4 is 15.8 Å². The molecule has 1 fully saturated rings. The Morgan fingerprint density at radius 2 is 1.89 bits per heavy atom. The predicted molar refractivity (Wildman–Crippen MR) is 178 cm³/mol. The lowest BCUT2D eigenvalue weighted by molar-refractivity contribution is -0.116. The van der Waals surface area contributed by atoms with Crippen LogP contribution in [0.3, 0.4) is 0 Å². The normalized spacial score (nSPS) is 15.3. The first-order valence-corrected chi connectivity index (χ1v) is 16.7. The molecule has 244 valence electrons. The number of fused-ring (bicyclic) bond motifs is 2. The van der Waals surface area contributed by atoms with E-state index in [-0.39, 0.29) is 23.8 Å². The maximum atomic E-state index is 14.2. The molecule has 12 nitrogen and oxygen atoms in total. The number of halogens is 2. The zero-order valence-electron chi connectivity index (χ0n) is 26.1. The number of aromatic nitrogens is 4. The summed E-state index contributed by atoms with van der Waals surface area (Å²) < 4.78 is 14.2. The van der Waals surface area contributed by atoms with Crippen molar-refractivity contribution in [2.75, 3.05) is 43.0 Å². The van der Waals surface area contributed by atoms with Crippen LogP contribution in [0.5, 0.6) is 0 Å². The average Bonchev–Trinajstić information content (AvgIpc) is 3.64. The first kappa shape index (κ1) is 32.3. The van der Waals surface area contributed by atoms with Gasteiger partial charge >= 0.3 is 6.09 Å². The van der Waals surface area contributed by atoms with E-state index in [1.807, 2.05) is 32.6 Å². The number of hydrogen-bond acceptors (Lipinski definition) is 9. The number of piperazine rings is 1. The van der Waals surface area contributed by atoms with Gasteiger partial charge in [-0.25, -0.2) is 4.79 Å². The van der Waals surface area contributed by atoms with E-state index in [1.54, 1.807) is 39.0 Å². The second-order valence-corrected chi connectivity index (χ2v) is 14.2. The zero-order chi connectivity index (χ0) is 32.7. The van der Waals surface area contributed by atoms with Gasteiger partial charge in [0.1, 0.15) is 17.8 Å². The van der Waals surface area contributed by atoms with E-state index in [9.17, 15) is 14.4 Å². The molecule has 0 bridgehead atoms. The Morgan fingerprint density at radius 3 is 2.57 bits per heavy atom. The maximum Gasteiger partial charge on any atom is 0.410 e. The van der Waals surface area contributed by atoms with Gasteiger partial charge in [0.25, 0.3) is 5.56 Å². The summed E-state index contributed by atoms with van der Waals surface area (Å²) in [5.41, 5.74) is 1.72. The van der Waals surface area contributed by atoms with Gasteiger partial charge in [-0.05, 0) is 63.4 Å². The molecule has 4 aromatic rings. The number of thiophene rings is 1.